The molecule has 0 N–H and O–H groups in total. The van der Waals surface area contributed by atoms with Gasteiger partial charge in [0.15, 0.2) is 0 Å². The lowest BCUT2D eigenvalue weighted by molar-refractivity contribution is 0.0663. The van der Waals surface area contributed by atoms with Crippen LogP contribution in [0.25, 0.3) is 0 Å². The number of aromatic nitrogens is 2. The van der Waals surface area contributed by atoms with Gasteiger partial charge in [-0.05, 0) is 37.2 Å². The molecule has 1 aliphatic heterocycles. The number of hydrogen-bond donors (Lipinski definition) is 0. The van der Waals surface area contributed by atoms with Crippen LogP contribution in [0.15, 0.2) is 43.0 Å². The molecule has 0 radical (unpaired) electrons. The molecule has 0 bridgehead atoms. The zero-order valence-electron chi connectivity index (χ0n) is 15.8. The molecule has 0 unspecified atom stereocenters. The minimum Gasteiger partial charge on any atom is -0.341 e. The number of rotatable bonds is 5. The number of pyridine rings is 2. The minimum atomic E-state index is -0.135. The molecule has 0 spiro atoms. The fourth-order valence-electron chi connectivity index (χ4n) is 3.03. The van der Waals surface area contributed by atoms with Crippen molar-refractivity contribution in [2.45, 2.75) is 6.42 Å². The smallest absolute Gasteiger partial charge is 0.255 e. The van der Waals surface area contributed by atoms with Crippen molar-refractivity contribution in [3.8, 4) is 0 Å². The second kappa shape index (κ2) is 8.73. The van der Waals surface area contributed by atoms with E-state index in [9.17, 15) is 9.59 Å². The number of carbonyl (C=O) groups is 2. The topological polar surface area (TPSA) is 69.6 Å². The Kier molecular flexibility index (Phi) is 6.13. The van der Waals surface area contributed by atoms with Crippen molar-refractivity contribution in [1.82, 2.24) is 24.7 Å². The maximum atomic E-state index is 12.7. The van der Waals surface area contributed by atoms with E-state index in [0.717, 1.165) is 25.1 Å². The average molecular weight is 367 g/mol. The quantitative estimate of drug-likeness (QED) is 0.794. The van der Waals surface area contributed by atoms with Gasteiger partial charge in [0.1, 0.15) is 0 Å². The van der Waals surface area contributed by atoms with Gasteiger partial charge >= 0.3 is 0 Å². The summed E-state index contributed by atoms with van der Waals surface area (Å²) in [5.74, 6) is -0.200. The third kappa shape index (κ3) is 4.89. The van der Waals surface area contributed by atoms with Gasteiger partial charge < -0.3 is 14.7 Å². The zero-order chi connectivity index (χ0) is 19.2. The largest absolute Gasteiger partial charge is 0.341 e. The summed E-state index contributed by atoms with van der Waals surface area (Å²) in [5.41, 5.74) is 2.03. The lowest BCUT2D eigenvalue weighted by atomic mass is 10.1. The van der Waals surface area contributed by atoms with Gasteiger partial charge in [-0.15, -0.1) is 0 Å². The molecule has 1 saturated heterocycles. The van der Waals surface area contributed by atoms with Crippen molar-refractivity contribution >= 4 is 11.8 Å². The van der Waals surface area contributed by atoms with E-state index in [4.69, 9.17) is 0 Å². The van der Waals surface area contributed by atoms with Crippen LogP contribution in [0.1, 0.15) is 26.3 Å². The van der Waals surface area contributed by atoms with Crippen LogP contribution in [0.4, 0.5) is 0 Å². The van der Waals surface area contributed by atoms with Crippen LogP contribution in [0.2, 0.25) is 0 Å². The number of hydrogen-bond acceptors (Lipinski definition) is 5. The molecule has 3 rings (SSSR count). The number of nitrogens with zero attached hydrogens (tertiary/aromatic N) is 5. The van der Waals surface area contributed by atoms with Gasteiger partial charge in [-0.1, -0.05) is 0 Å². The molecule has 3 heterocycles. The predicted molar refractivity (Wildman–Crippen MR) is 103 cm³/mol. The monoisotopic (exact) mass is 367 g/mol. The molecule has 2 aromatic heterocycles. The molecule has 142 valence electrons. The second-order valence-electron chi connectivity index (χ2n) is 6.89. The first-order valence-corrected chi connectivity index (χ1v) is 9.12. The van der Waals surface area contributed by atoms with Crippen molar-refractivity contribution in [3.05, 3.63) is 59.7 Å². The SMILES string of the molecule is CN1CCN(C(=O)c2cncc(C(=O)N(C)CCc3ccncc3)c2)CC1. The maximum Gasteiger partial charge on any atom is 0.255 e. The molecule has 2 aromatic rings. The molecule has 0 aromatic carbocycles. The van der Waals surface area contributed by atoms with E-state index in [1.807, 2.05) is 24.1 Å². The maximum absolute atomic E-state index is 12.7. The van der Waals surface area contributed by atoms with E-state index in [1.165, 1.54) is 12.4 Å². The third-order valence-corrected chi connectivity index (χ3v) is 4.85. The number of likely N-dealkylation sites (N-methyl/N-ethyl adjacent to an activating group) is 2. The van der Waals surface area contributed by atoms with E-state index in [0.29, 0.717) is 30.8 Å². The van der Waals surface area contributed by atoms with E-state index < -0.39 is 0 Å². The lowest BCUT2D eigenvalue weighted by Gasteiger charge is -2.32. The minimum absolute atomic E-state index is 0.0651. The third-order valence-electron chi connectivity index (χ3n) is 4.85. The lowest BCUT2D eigenvalue weighted by Crippen LogP contribution is -2.47. The highest BCUT2D eigenvalue weighted by molar-refractivity contribution is 5.99. The summed E-state index contributed by atoms with van der Waals surface area (Å²) in [4.78, 5) is 39.2. The standard InChI is InChI=1S/C20H25N5O2/c1-23-9-11-25(12-10-23)20(27)18-13-17(14-22-15-18)19(26)24(2)8-5-16-3-6-21-7-4-16/h3-4,6-7,13-15H,5,8-12H2,1-2H3. The van der Waals surface area contributed by atoms with Crippen molar-refractivity contribution in [2.75, 3.05) is 46.8 Å². The Hall–Kier alpha value is -2.80. The van der Waals surface area contributed by atoms with Crippen LogP contribution in [0.5, 0.6) is 0 Å². The summed E-state index contributed by atoms with van der Waals surface area (Å²) in [6.07, 6.45) is 7.29. The summed E-state index contributed by atoms with van der Waals surface area (Å²) in [6.45, 7) is 3.68. The summed E-state index contributed by atoms with van der Waals surface area (Å²) < 4.78 is 0. The molecule has 2 amide bonds. The molecular formula is C20H25N5O2. The molecule has 0 aliphatic carbocycles. The second-order valence-corrected chi connectivity index (χ2v) is 6.89. The Balaban J connectivity index is 1.63. The van der Waals surface area contributed by atoms with Gasteiger partial charge in [-0.25, -0.2) is 0 Å². The Bertz CT molecular complexity index is 788. The van der Waals surface area contributed by atoms with E-state index in [1.54, 1.807) is 30.4 Å². The number of piperazine rings is 1. The molecule has 27 heavy (non-hydrogen) atoms. The van der Waals surface area contributed by atoms with E-state index in [-0.39, 0.29) is 11.8 Å². The van der Waals surface area contributed by atoms with Crippen LogP contribution in [0, 0.1) is 0 Å². The van der Waals surface area contributed by atoms with Crippen LogP contribution < -0.4 is 0 Å². The van der Waals surface area contributed by atoms with Crippen molar-refractivity contribution in [1.29, 1.82) is 0 Å². The first kappa shape index (κ1) is 19.0. The Morgan fingerprint density at radius 2 is 1.70 bits per heavy atom. The highest BCUT2D eigenvalue weighted by atomic mass is 16.2. The Morgan fingerprint density at radius 3 is 2.41 bits per heavy atom. The van der Waals surface area contributed by atoms with Gasteiger partial charge in [0, 0.05) is 64.6 Å². The fourth-order valence-corrected chi connectivity index (χ4v) is 3.03. The molecule has 1 aliphatic rings. The molecule has 7 nitrogen and oxygen atoms in total. The molecule has 7 heteroatoms. The van der Waals surface area contributed by atoms with Gasteiger partial charge in [0.2, 0.25) is 0 Å². The normalized spacial score (nSPS) is 14.8. The summed E-state index contributed by atoms with van der Waals surface area (Å²) in [6, 6.07) is 5.53. The fraction of sp³-hybridized carbons (Fsp3) is 0.400. The average Bonchev–Trinajstić information content (AvgIpc) is 2.72. The summed E-state index contributed by atoms with van der Waals surface area (Å²) in [5, 5.41) is 0. The van der Waals surface area contributed by atoms with Crippen molar-refractivity contribution in [3.63, 3.8) is 0 Å². The van der Waals surface area contributed by atoms with E-state index >= 15 is 0 Å². The van der Waals surface area contributed by atoms with Gasteiger partial charge in [0.05, 0.1) is 11.1 Å². The zero-order valence-corrected chi connectivity index (χ0v) is 15.8. The number of carbonyl (C=O) groups excluding carboxylic acids is 2. The highest BCUT2D eigenvalue weighted by Gasteiger charge is 2.22. The van der Waals surface area contributed by atoms with Crippen molar-refractivity contribution in [2.24, 2.45) is 0 Å². The van der Waals surface area contributed by atoms with Gasteiger partial charge in [-0.2, -0.15) is 0 Å². The first-order valence-electron chi connectivity index (χ1n) is 9.12. The van der Waals surface area contributed by atoms with Gasteiger partial charge in [-0.3, -0.25) is 19.6 Å². The van der Waals surface area contributed by atoms with Crippen LogP contribution in [-0.4, -0.2) is 83.3 Å². The Labute approximate surface area is 159 Å². The van der Waals surface area contributed by atoms with Crippen LogP contribution >= 0.6 is 0 Å². The van der Waals surface area contributed by atoms with Gasteiger partial charge in [0.25, 0.3) is 11.8 Å². The molecule has 0 saturated carbocycles. The molecular weight excluding hydrogens is 342 g/mol. The van der Waals surface area contributed by atoms with Crippen LogP contribution in [-0.2, 0) is 6.42 Å². The first-order chi connectivity index (χ1) is 13.0. The van der Waals surface area contributed by atoms with Crippen molar-refractivity contribution < 1.29 is 9.59 Å². The highest BCUT2D eigenvalue weighted by Crippen LogP contribution is 2.11. The number of amides is 2. The Morgan fingerprint density at radius 1 is 1.04 bits per heavy atom. The molecule has 1 fully saturated rings. The predicted octanol–water partition coefficient (Wildman–Crippen LogP) is 1.18. The van der Waals surface area contributed by atoms with E-state index in [2.05, 4.69) is 14.9 Å². The molecule has 0 atom stereocenters. The van der Waals surface area contributed by atoms with Crippen LogP contribution in [0.3, 0.4) is 0 Å². The summed E-state index contributed by atoms with van der Waals surface area (Å²) in [7, 11) is 3.81. The summed E-state index contributed by atoms with van der Waals surface area (Å²) >= 11 is 0.